The summed E-state index contributed by atoms with van der Waals surface area (Å²) in [5.74, 6) is -0.868. The first-order valence-electron chi connectivity index (χ1n) is 6.88. The second kappa shape index (κ2) is 4.60. The Morgan fingerprint density at radius 1 is 1.26 bits per heavy atom. The molecule has 2 aliphatic rings. The predicted molar refractivity (Wildman–Crippen MR) is 68.9 cm³/mol. The van der Waals surface area contributed by atoms with Gasteiger partial charge >= 0.3 is 0 Å². The van der Waals surface area contributed by atoms with Crippen molar-refractivity contribution < 1.29 is 14.3 Å². The number of amides is 1. The van der Waals surface area contributed by atoms with Gasteiger partial charge in [-0.05, 0) is 38.2 Å². The molecular weight excluding hydrogens is 245 g/mol. The molecule has 1 saturated heterocycles. The largest absolute Gasteiger partial charge is 0.378 e. The normalized spacial score (nSPS) is 22.3. The Morgan fingerprint density at radius 2 is 2.00 bits per heavy atom. The highest BCUT2D eigenvalue weighted by molar-refractivity contribution is 5.83. The maximum atomic E-state index is 13.6. The summed E-state index contributed by atoms with van der Waals surface area (Å²) in [6.45, 7) is 0.685. The van der Waals surface area contributed by atoms with Crippen molar-refractivity contribution in [3.05, 3.63) is 35.6 Å². The molecule has 1 aromatic rings. The topological polar surface area (TPSA) is 40.5 Å². The molecule has 2 fully saturated rings. The first kappa shape index (κ1) is 12.6. The number of aliphatic hydroxyl groups is 1. The standard InChI is InChI=1S/C15H18FNO2/c16-12-6-2-1-5-11(12)13(18)14(19)17-10-4-3-7-15(17)8-9-15/h1-2,5-6,13,18H,3-4,7-10H2. The lowest BCUT2D eigenvalue weighted by molar-refractivity contribution is -0.145. The number of likely N-dealkylation sites (tertiary alicyclic amines) is 1. The fraction of sp³-hybridized carbons (Fsp3) is 0.533. The van der Waals surface area contributed by atoms with Gasteiger partial charge in [-0.3, -0.25) is 4.79 Å². The van der Waals surface area contributed by atoms with Crippen LogP contribution in [0.15, 0.2) is 24.3 Å². The van der Waals surface area contributed by atoms with Crippen LogP contribution in [-0.4, -0.2) is 28.0 Å². The van der Waals surface area contributed by atoms with Crippen LogP contribution in [0.5, 0.6) is 0 Å². The first-order valence-corrected chi connectivity index (χ1v) is 6.88. The van der Waals surface area contributed by atoms with Crippen LogP contribution in [0.25, 0.3) is 0 Å². The van der Waals surface area contributed by atoms with E-state index in [4.69, 9.17) is 0 Å². The molecule has 1 aromatic carbocycles. The zero-order valence-electron chi connectivity index (χ0n) is 10.8. The Balaban J connectivity index is 1.82. The first-order chi connectivity index (χ1) is 9.14. The van der Waals surface area contributed by atoms with Gasteiger partial charge in [0, 0.05) is 17.6 Å². The van der Waals surface area contributed by atoms with Crippen molar-refractivity contribution in [1.82, 2.24) is 4.90 Å². The zero-order valence-corrected chi connectivity index (χ0v) is 10.8. The molecular formula is C15H18FNO2. The fourth-order valence-corrected chi connectivity index (χ4v) is 3.08. The second-order valence-electron chi connectivity index (χ2n) is 5.60. The van der Waals surface area contributed by atoms with Crippen molar-refractivity contribution >= 4 is 5.91 Å². The molecule has 1 spiro atoms. The number of halogens is 1. The number of carbonyl (C=O) groups is 1. The fourth-order valence-electron chi connectivity index (χ4n) is 3.08. The monoisotopic (exact) mass is 263 g/mol. The number of piperidine rings is 1. The molecule has 102 valence electrons. The molecule has 0 bridgehead atoms. The molecule has 1 atom stereocenters. The van der Waals surface area contributed by atoms with E-state index >= 15 is 0 Å². The summed E-state index contributed by atoms with van der Waals surface area (Å²) in [6.07, 6.45) is 3.78. The van der Waals surface area contributed by atoms with Gasteiger partial charge in [0.2, 0.25) is 0 Å². The SMILES string of the molecule is O=C(C(O)c1ccccc1F)N1CCCCC12CC2. The van der Waals surface area contributed by atoms with Crippen molar-refractivity contribution in [2.75, 3.05) is 6.54 Å². The third-order valence-corrected chi connectivity index (χ3v) is 4.37. The van der Waals surface area contributed by atoms with Gasteiger partial charge in [-0.2, -0.15) is 0 Å². The van der Waals surface area contributed by atoms with Gasteiger partial charge < -0.3 is 10.0 Å². The number of rotatable bonds is 2. The van der Waals surface area contributed by atoms with E-state index in [0.717, 1.165) is 32.1 Å². The molecule has 3 nitrogen and oxygen atoms in total. The average molecular weight is 263 g/mol. The van der Waals surface area contributed by atoms with Crippen molar-refractivity contribution in [3.8, 4) is 0 Å². The summed E-state index contributed by atoms with van der Waals surface area (Å²) in [5, 5.41) is 10.2. The molecule has 1 N–H and O–H groups in total. The minimum Gasteiger partial charge on any atom is -0.378 e. The minimum atomic E-state index is -1.38. The number of aliphatic hydroxyl groups excluding tert-OH is 1. The summed E-state index contributed by atoms with van der Waals surface area (Å²) in [5.41, 5.74) is 0.0514. The van der Waals surface area contributed by atoms with Crippen LogP contribution in [-0.2, 0) is 4.79 Å². The Labute approximate surface area is 112 Å². The molecule has 1 heterocycles. The van der Waals surface area contributed by atoms with Crippen LogP contribution < -0.4 is 0 Å². The van der Waals surface area contributed by atoms with Gasteiger partial charge in [0.15, 0.2) is 6.10 Å². The zero-order chi connectivity index (χ0) is 13.5. The molecule has 0 aromatic heterocycles. The van der Waals surface area contributed by atoms with Crippen molar-refractivity contribution in [1.29, 1.82) is 0 Å². The van der Waals surface area contributed by atoms with E-state index in [2.05, 4.69) is 0 Å². The lowest BCUT2D eigenvalue weighted by Gasteiger charge is -2.37. The van der Waals surface area contributed by atoms with E-state index < -0.39 is 11.9 Å². The van der Waals surface area contributed by atoms with Gasteiger partial charge in [0.05, 0.1) is 0 Å². The highest BCUT2D eigenvalue weighted by Gasteiger charge is 2.51. The van der Waals surface area contributed by atoms with E-state index in [9.17, 15) is 14.3 Å². The van der Waals surface area contributed by atoms with E-state index in [0.29, 0.717) is 6.54 Å². The number of hydrogen-bond donors (Lipinski definition) is 1. The average Bonchev–Trinajstić information content (AvgIpc) is 3.18. The Morgan fingerprint density at radius 3 is 2.68 bits per heavy atom. The van der Waals surface area contributed by atoms with Crippen LogP contribution in [0, 0.1) is 5.82 Å². The summed E-state index contributed by atoms with van der Waals surface area (Å²) >= 11 is 0. The quantitative estimate of drug-likeness (QED) is 0.890. The number of carbonyl (C=O) groups excluding carboxylic acids is 1. The van der Waals surface area contributed by atoms with Crippen LogP contribution in [0.1, 0.15) is 43.8 Å². The molecule has 4 heteroatoms. The number of hydrogen-bond acceptors (Lipinski definition) is 2. The lowest BCUT2D eigenvalue weighted by atomic mass is 9.98. The molecule has 1 saturated carbocycles. The number of nitrogens with zero attached hydrogens (tertiary/aromatic N) is 1. The smallest absolute Gasteiger partial charge is 0.256 e. The molecule has 1 unspecified atom stereocenters. The van der Waals surface area contributed by atoms with E-state index in [1.165, 1.54) is 12.1 Å². The van der Waals surface area contributed by atoms with Crippen molar-refractivity contribution in [2.24, 2.45) is 0 Å². The molecule has 0 radical (unpaired) electrons. The van der Waals surface area contributed by atoms with E-state index in [1.54, 1.807) is 17.0 Å². The Hall–Kier alpha value is -1.42. The minimum absolute atomic E-state index is 0.0262. The lowest BCUT2D eigenvalue weighted by Crippen LogP contribution is -2.47. The molecule has 1 aliphatic carbocycles. The predicted octanol–water partition coefficient (Wildman–Crippen LogP) is 2.40. The van der Waals surface area contributed by atoms with E-state index in [-0.39, 0.29) is 17.0 Å². The third kappa shape index (κ3) is 2.14. The van der Waals surface area contributed by atoms with Gasteiger partial charge in [0.25, 0.3) is 5.91 Å². The highest BCUT2D eigenvalue weighted by atomic mass is 19.1. The van der Waals surface area contributed by atoms with Gasteiger partial charge in [-0.25, -0.2) is 4.39 Å². The molecule has 3 rings (SSSR count). The van der Waals surface area contributed by atoms with Gasteiger partial charge in [0.1, 0.15) is 5.82 Å². The highest BCUT2D eigenvalue weighted by Crippen LogP contribution is 2.49. The maximum Gasteiger partial charge on any atom is 0.256 e. The van der Waals surface area contributed by atoms with E-state index in [1.807, 2.05) is 0 Å². The van der Waals surface area contributed by atoms with Crippen molar-refractivity contribution in [2.45, 2.75) is 43.7 Å². The second-order valence-corrected chi connectivity index (χ2v) is 5.60. The molecule has 1 aliphatic heterocycles. The van der Waals surface area contributed by atoms with Crippen molar-refractivity contribution in [3.63, 3.8) is 0 Å². The Bertz CT molecular complexity index is 499. The van der Waals surface area contributed by atoms with Crippen LogP contribution in [0.4, 0.5) is 4.39 Å². The summed E-state index contributed by atoms with van der Waals surface area (Å²) in [4.78, 5) is 14.2. The Kier molecular flexibility index (Phi) is 3.05. The maximum absolute atomic E-state index is 13.6. The van der Waals surface area contributed by atoms with Crippen LogP contribution in [0.2, 0.25) is 0 Å². The van der Waals surface area contributed by atoms with Gasteiger partial charge in [-0.1, -0.05) is 18.2 Å². The summed E-state index contributed by atoms with van der Waals surface area (Å²) in [6, 6.07) is 5.94. The molecule has 19 heavy (non-hydrogen) atoms. The van der Waals surface area contributed by atoms with Gasteiger partial charge in [-0.15, -0.1) is 0 Å². The summed E-state index contributed by atoms with van der Waals surface area (Å²) < 4.78 is 13.6. The van der Waals surface area contributed by atoms with Crippen LogP contribution in [0.3, 0.4) is 0 Å². The third-order valence-electron chi connectivity index (χ3n) is 4.37. The van der Waals surface area contributed by atoms with Crippen LogP contribution >= 0.6 is 0 Å². The number of benzene rings is 1. The molecule has 1 amide bonds. The summed E-state index contributed by atoms with van der Waals surface area (Å²) in [7, 11) is 0.